The Morgan fingerprint density at radius 2 is 2.27 bits per heavy atom. The van der Waals surface area contributed by atoms with E-state index >= 15 is 0 Å². The molecule has 1 heterocycles. The number of nitrogens with zero attached hydrogens (tertiary/aromatic N) is 2. The summed E-state index contributed by atoms with van der Waals surface area (Å²) >= 11 is 0. The molecule has 62 valence electrons. The van der Waals surface area contributed by atoms with Crippen molar-refractivity contribution in [3.8, 4) is 0 Å². The lowest BCUT2D eigenvalue weighted by Crippen LogP contribution is -1.99. The van der Waals surface area contributed by atoms with E-state index in [0.717, 1.165) is 31.6 Å². The highest BCUT2D eigenvalue weighted by Crippen LogP contribution is 1.99. The van der Waals surface area contributed by atoms with Gasteiger partial charge in [-0.1, -0.05) is 5.16 Å². The van der Waals surface area contributed by atoms with Crippen LogP contribution < -0.4 is 5.73 Å². The van der Waals surface area contributed by atoms with Gasteiger partial charge in [-0.15, -0.1) is 0 Å². The van der Waals surface area contributed by atoms with Crippen molar-refractivity contribution in [2.75, 3.05) is 6.54 Å². The van der Waals surface area contributed by atoms with E-state index in [4.69, 9.17) is 10.3 Å². The molecule has 0 aliphatic carbocycles. The second kappa shape index (κ2) is 4.08. The predicted molar refractivity (Wildman–Crippen MR) is 41.0 cm³/mol. The van der Waals surface area contributed by atoms with Crippen molar-refractivity contribution in [2.24, 2.45) is 5.73 Å². The topological polar surface area (TPSA) is 64.9 Å². The number of rotatable bonds is 4. The lowest BCUT2D eigenvalue weighted by molar-refractivity contribution is 0.386. The Morgan fingerprint density at radius 3 is 2.82 bits per heavy atom. The standard InChI is InChI=1S/C7H13N3O/c1-6-9-7(10-11-6)4-2-3-5-8/h2-5,8H2,1H3. The number of hydrogen-bond donors (Lipinski definition) is 1. The van der Waals surface area contributed by atoms with Crippen LogP contribution in [0.5, 0.6) is 0 Å². The molecule has 1 aromatic heterocycles. The monoisotopic (exact) mass is 155 g/mol. The summed E-state index contributed by atoms with van der Waals surface area (Å²) in [5, 5.41) is 3.76. The molecule has 2 N–H and O–H groups in total. The molecule has 1 rings (SSSR count). The maximum absolute atomic E-state index is 5.33. The van der Waals surface area contributed by atoms with Crippen molar-refractivity contribution in [3.05, 3.63) is 11.7 Å². The quantitative estimate of drug-likeness (QED) is 0.649. The van der Waals surface area contributed by atoms with Crippen LogP contribution in [0.3, 0.4) is 0 Å². The molecule has 4 nitrogen and oxygen atoms in total. The smallest absolute Gasteiger partial charge is 0.223 e. The first kappa shape index (κ1) is 8.20. The van der Waals surface area contributed by atoms with Crippen LogP contribution in [0.15, 0.2) is 4.52 Å². The molecule has 0 saturated carbocycles. The highest BCUT2D eigenvalue weighted by molar-refractivity contribution is 4.83. The van der Waals surface area contributed by atoms with Gasteiger partial charge in [-0.25, -0.2) is 0 Å². The van der Waals surface area contributed by atoms with Crippen molar-refractivity contribution in [2.45, 2.75) is 26.2 Å². The zero-order valence-corrected chi connectivity index (χ0v) is 6.71. The third-order valence-corrected chi connectivity index (χ3v) is 1.42. The average Bonchev–Trinajstić information content (AvgIpc) is 2.37. The Labute approximate surface area is 65.8 Å². The normalized spacial score (nSPS) is 10.4. The fourth-order valence-corrected chi connectivity index (χ4v) is 0.870. The molecule has 0 spiro atoms. The summed E-state index contributed by atoms with van der Waals surface area (Å²) in [6.45, 7) is 2.52. The summed E-state index contributed by atoms with van der Waals surface area (Å²) in [6.07, 6.45) is 2.93. The molecule has 0 aliphatic rings. The lowest BCUT2D eigenvalue weighted by atomic mass is 10.2. The van der Waals surface area contributed by atoms with Crippen molar-refractivity contribution in [1.82, 2.24) is 10.1 Å². The van der Waals surface area contributed by atoms with Gasteiger partial charge in [0.05, 0.1) is 0 Å². The second-order valence-corrected chi connectivity index (χ2v) is 2.48. The fourth-order valence-electron chi connectivity index (χ4n) is 0.870. The molecule has 0 aromatic carbocycles. The number of aromatic nitrogens is 2. The average molecular weight is 155 g/mol. The molecule has 1 aromatic rings. The lowest BCUT2D eigenvalue weighted by Gasteiger charge is -1.91. The van der Waals surface area contributed by atoms with Gasteiger partial charge in [0.2, 0.25) is 5.89 Å². The summed E-state index contributed by atoms with van der Waals surface area (Å²) in [5.74, 6) is 1.42. The van der Waals surface area contributed by atoms with E-state index in [1.54, 1.807) is 6.92 Å². The van der Waals surface area contributed by atoms with Gasteiger partial charge in [-0.05, 0) is 19.4 Å². The first-order valence-electron chi connectivity index (χ1n) is 3.82. The SMILES string of the molecule is Cc1nc(CCCCN)no1. The van der Waals surface area contributed by atoms with Gasteiger partial charge in [0.25, 0.3) is 0 Å². The van der Waals surface area contributed by atoms with E-state index in [1.165, 1.54) is 0 Å². The first-order chi connectivity index (χ1) is 5.33. The van der Waals surface area contributed by atoms with Gasteiger partial charge in [0.15, 0.2) is 5.82 Å². The molecule has 0 atom stereocenters. The summed E-state index contributed by atoms with van der Waals surface area (Å²) in [7, 11) is 0. The van der Waals surface area contributed by atoms with Gasteiger partial charge in [-0.3, -0.25) is 0 Å². The Morgan fingerprint density at radius 1 is 1.45 bits per heavy atom. The van der Waals surface area contributed by atoms with E-state index in [9.17, 15) is 0 Å². The summed E-state index contributed by atoms with van der Waals surface area (Å²) in [5.41, 5.74) is 5.33. The third-order valence-electron chi connectivity index (χ3n) is 1.42. The minimum absolute atomic E-state index is 0.632. The minimum atomic E-state index is 0.632. The van der Waals surface area contributed by atoms with Crippen molar-refractivity contribution in [1.29, 1.82) is 0 Å². The van der Waals surface area contributed by atoms with Gasteiger partial charge in [-0.2, -0.15) is 4.98 Å². The van der Waals surface area contributed by atoms with E-state index in [0.29, 0.717) is 5.89 Å². The zero-order chi connectivity index (χ0) is 8.10. The number of nitrogens with two attached hydrogens (primary N) is 1. The molecule has 0 saturated heterocycles. The molecule has 0 fully saturated rings. The van der Waals surface area contributed by atoms with Crippen LogP contribution >= 0.6 is 0 Å². The third kappa shape index (κ3) is 2.67. The van der Waals surface area contributed by atoms with Crippen LogP contribution in [-0.2, 0) is 6.42 Å². The molecule has 11 heavy (non-hydrogen) atoms. The van der Waals surface area contributed by atoms with Crippen LogP contribution in [0.25, 0.3) is 0 Å². The molecule has 0 amide bonds. The first-order valence-corrected chi connectivity index (χ1v) is 3.82. The van der Waals surface area contributed by atoms with E-state index in [1.807, 2.05) is 0 Å². The molecular formula is C7H13N3O. The number of hydrogen-bond acceptors (Lipinski definition) is 4. The van der Waals surface area contributed by atoms with Gasteiger partial charge >= 0.3 is 0 Å². The Bertz CT molecular complexity index is 209. The summed E-state index contributed by atoms with van der Waals surface area (Å²) < 4.78 is 4.80. The van der Waals surface area contributed by atoms with Crippen molar-refractivity contribution >= 4 is 0 Å². The predicted octanol–water partition coefficient (Wildman–Crippen LogP) is 0.659. The summed E-state index contributed by atoms with van der Waals surface area (Å²) in [6, 6.07) is 0. The molecule has 0 unspecified atom stereocenters. The van der Waals surface area contributed by atoms with E-state index in [2.05, 4.69) is 10.1 Å². The van der Waals surface area contributed by atoms with Crippen LogP contribution in [0.4, 0.5) is 0 Å². The Kier molecular flexibility index (Phi) is 3.04. The van der Waals surface area contributed by atoms with Gasteiger partial charge < -0.3 is 10.3 Å². The maximum Gasteiger partial charge on any atom is 0.223 e. The van der Waals surface area contributed by atoms with Crippen LogP contribution in [-0.4, -0.2) is 16.7 Å². The van der Waals surface area contributed by atoms with Gasteiger partial charge in [0.1, 0.15) is 0 Å². The van der Waals surface area contributed by atoms with E-state index in [-0.39, 0.29) is 0 Å². The van der Waals surface area contributed by atoms with Crippen LogP contribution in [0, 0.1) is 6.92 Å². The molecule has 4 heteroatoms. The molecule has 0 aliphatic heterocycles. The minimum Gasteiger partial charge on any atom is -0.340 e. The summed E-state index contributed by atoms with van der Waals surface area (Å²) in [4.78, 5) is 4.06. The largest absolute Gasteiger partial charge is 0.340 e. The molecule has 0 bridgehead atoms. The van der Waals surface area contributed by atoms with Crippen LogP contribution in [0.2, 0.25) is 0 Å². The zero-order valence-electron chi connectivity index (χ0n) is 6.71. The Hall–Kier alpha value is -0.900. The highest BCUT2D eigenvalue weighted by atomic mass is 16.5. The van der Waals surface area contributed by atoms with Crippen molar-refractivity contribution in [3.63, 3.8) is 0 Å². The molecule has 0 radical (unpaired) electrons. The molecular weight excluding hydrogens is 142 g/mol. The van der Waals surface area contributed by atoms with Gasteiger partial charge in [0, 0.05) is 13.3 Å². The Balaban J connectivity index is 2.27. The van der Waals surface area contributed by atoms with Crippen molar-refractivity contribution < 1.29 is 4.52 Å². The maximum atomic E-state index is 5.33. The number of aryl methyl sites for hydroxylation is 2. The van der Waals surface area contributed by atoms with Crippen LogP contribution in [0.1, 0.15) is 24.6 Å². The highest BCUT2D eigenvalue weighted by Gasteiger charge is 1.99. The van der Waals surface area contributed by atoms with E-state index < -0.39 is 0 Å². The number of unbranched alkanes of at least 4 members (excludes halogenated alkanes) is 1. The second-order valence-electron chi connectivity index (χ2n) is 2.48. The fraction of sp³-hybridized carbons (Fsp3) is 0.714.